The van der Waals surface area contributed by atoms with Crippen LogP contribution in [-0.4, -0.2) is 4.75 Å². The summed E-state index contributed by atoms with van der Waals surface area (Å²) in [6.07, 6.45) is 0. The smallest absolute Gasteiger partial charge is 0.0161 e. The average Bonchev–Trinajstić information content (AvgIpc) is 2.58. The van der Waals surface area contributed by atoms with Crippen LogP contribution in [0.25, 0.3) is 0 Å². The number of benzene rings is 3. The summed E-state index contributed by atoms with van der Waals surface area (Å²) >= 11 is 11.5. The quantitative estimate of drug-likeness (QED) is 0.304. The third kappa shape index (κ3) is 4.70. The molecule has 0 bridgehead atoms. The summed E-state index contributed by atoms with van der Waals surface area (Å²) in [6, 6.07) is 25.6. The van der Waals surface area contributed by atoms with Crippen LogP contribution in [0.1, 0.15) is 20.8 Å². The molecule has 0 aliphatic carbocycles. The monoisotopic (exact) mass is 414 g/mol. The van der Waals surface area contributed by atoms with Gasteiger partial charge in [-0.25, -0.2) is 0 Å². The van der Waals surface area contributed by atoms with Gasteiger partial charge in [0.1, 0.15) is 0 Å². The van der Waals surface area contributed by atoms with Gasteiger partial charge in [-0.2, -0.15) is 0 Å². The summed E-state index contributed by atoms with van der Waals surface area (Å²) in [5.74, 6) is 0. The zero-order valence-electron chi connectivity index (χ0n) is 15.2. The minimum atomic E-state index is -0.735. The van der Waals surface area contributed by atoms with Crippen LogP contribution in [0.3, 0.4) is 0 Å². The van der Waals surface area contributed by atoms with E-state index in [9.17, 15) is 0 Å². The minimum Gasteiger partial charge on any atom is -0.143 e. The van der Waals surface area contributed by atoms with E-state index in [4.69, 9.17) is 25.3 Å². The van der Waals surface area contributed by atoms with Crippen LogP contribution < -0.4 is 15.9 Å². The van der Waals surface area contributed by atoms with E-state index in [1.165, 1.54) is 20.8 Å². The Balaban J connectivity index is 2.24. The number of thiol groups is 2. The van der Waals surface area contributed by atoms with Gasteiger partial charge >= 0.3 is 0 Å². The number of hydrogen-bond acceptors (Lipinski definition) is 3. The van der Waals surface area contributed by atoms with Gasteiger partial charge in [0.05, 0.1) is 0 Å². The molecule has 0 saturated heterocycles. The lowest BCUT2D eigenvalue weighted by molar-refractivity contribution is 0.803. The predicted octanol–water partition coefficient (Wildman–Crippen LogP) is 5.91. The lowest BCUT2D eigenvalue weighted by atomic mass is 10.3. The van der Waals surface area contributed by atoms with Crippen LogP contribution in [0.15, 0.2) is 87.5 Å². The van der Waals surface area contributed by atoms with Crippen molar-refractivity contribution in [2.24, 2.45) is 0 Å². The predicted molar refractivity (Wildman–Crippen MR) is 125 cm³/mol. The fraction of sp³-hybridized carbons (Fsp3) is 0.182. The Bertz CT molecular complexity index is 854. The van der Waals surface area contributed by atoms with Gasteiger partial charge in [-0.3, -0.25) is 0 Å². The molecule has 134 valence electrons. The Kier molecular flexibility index (Phi) is 6.45. The second-order valence-electron chi connectivity index (χ2n) is 6.99. The van der Waals surface area contributed by atoms with E-state index in [0.717, 1.165) is 9.79 Å². The second-order valence-corrected chi connectivity index (χ2v) is 11.9. The Morgan fingerprint density at radius 3 is 1.54 bits per heavy atom. The van der Waals surface area contributed by atoms with E-state index in [1.54, 1.807) is 0 Å². The van der Waals surface area contributed by atoms with Crippen molar-refractivity contribution >= 4 is 60.9 Å². The van der Waals surface area contributed by atoms with Crippen molar-refractivity contribution in [2.75, 3.05) is 0 Å². The average molecular weight is 415 g/mol. The lowest BCUT2D eigenvalue weighted by Gasteiger charge is -2.26. The van der Waals surface area contributed by atoms with Crippen molar-refractivity contribution in [3.63, 3.8) is 0 Å². The zero-order valence-corrected chi connectivity index (χ0v) is 18.7. The summed E-state index contributed by atoms with van der Waals surface area (Å²) in [4.78, 5) is 3.40. The molecule has 0 atom stereocenters. The van der Waals surface area contributed by atoms with E-state index in [0.29, 0.717) is 0 Å². The molecule has 26 heavy (non-hydrogen) atoms. The van der Waals surface area contributed by atoms with Crippen LogP contribution in [-0.2, 0) is 0 Å². The topological polar surface area (TPSA) is 0 Å². The van der Waals surface area contributed by atoms with Crippen LogP contribution in [0, 0.1) is 0 Å². The Hall–Kier alpha value is -0.860. The Labute approximate surface area is 173 Å². The largest absolute Gasteiger partial charge is 0.143 e. The molecule has 0 fully saturated rings. The molecular formula is C22H23PS3. The van der Waals surface area contributed by atoms with E-state index in [2.05, 4.69) is 81.4 Å². The molecule has 0 N–H and O–H groups in total. The fourth-order valence-electron chi connectivity index (χ4n) is 2.75. The van der Waals surface area contributed by atoms with E-state index >= 15 is 0 Å². The molecule has 0 radical (unpaired) electrons. The van der Waals surface area contributed by atoms with Crippen molar-refractivity contribution in [1.82, 2.24) is 0 Å². The van der Waals surface area contributed by atoms with Crippen molar-refractivity contribution in [3.05, 3.63) is 72.8 Å². The molecule has 0 unspecified atom stereocenters. The standard InChI is InChI=1S/C22H23PS3/c1-22(2,3)26-21-15-9-6-12-18(21)23(16-10-4-7-13-19(16)24)17-11-5-8-14-20(17)25/h4-15,24-25H,1-3H3. The maximum Gasteiger partial charge on any atom is 0.0161 e. The van der Waals surface area contributed by atoms with Gasteiger partial charge in [0.2, 0.25) is 0 Å². The summed E-state index contributed by atoms with van der Waals surface area (Å²) < 4.78 is 0.151. The normalized spacial score (nSPS) is 11.8. The zero-order chi connectivity index (χ0) is 18.7. The highest BCUT2D eigenvalue weighted by Gasteiger charge is 2.24. The third-order valence-electron chi connectivity index (χ3n) is 3.77. The number of hydrogen-bond donors (Lipinski definition) is 2. The van der Waals surface area contributed by atoms with Crippen molar-refractivity contribution in [1.29, 1.82) is 0 Å². The van der Waals surface area contributed by atoms with Gasteiger partial charge < -0.3 is 0 Å². The summed E-state index contributed by atoms with van der Waals surface area (Å²) in [6.45, 7) is 6.78. The first kappa shape index (κ1) is 19.9. The number of thioether (sulfide) groups is 1. The van der Waals surface area contributed by atoms with Crippen LogP contribution in [0.2, 0.25) is 0 Å². The van der Waals surface area contributed by atoms with Crippen LogP contribution >= 0.6 is 44.9 Å². The first-order chi connectivity index (χ1) is 12.4. The molecule has 4 heteroatoms. The highest BCUT2D eigenvalue weighted by Crippen LogP contribution is 2.42. The van der Waals surface area contributed by atoms with E-state index < -0.39 is 7.92 Å². The number of rotatable bonds is 4. The fourth-order valence-corrected chi connectivity index (χ4v) is 7.45. The van der Waals surface area contributed by atoms with Crippen LogP contribution in [0.5, 0.6) is 0 Å². The summed E-state index contributed by atoms with van der Waals surface area (Å²) in [5, 5.41) is 3.91. The minimum absolute atomic E-state index is 0.151. The van der Waals surface area contributed by atoms with Crippen LogP contribution in [0.4, 0.5) is 0 Å². The molecule has 3 rings (SSSR count). The molecule has 0 heterocycles. The Morgan fingerprint density at radius 1 is 0.654 bits per heavy atom. The first-order valence-corrected chi connectivity index (χ1v) is 11.6. The summed E-state index contributed by atoms with van der Waals surface area (Å²) in [5.41, 5.74) is 0. The highest BCUT2D eigenvalue weighted by molar-refractivity contribution is 8.01. The van der Waals surface area contributed by atoms with Gasteiger partial charge in [-0.15, -0.1) is 37.0 Å². The molecule has 0 nitrogen and oxygen atoms in total. The third-order valence-corrected chi connectivity index (χ3v) is 8.86. The highest BCUT2D eigenvalue weighted by atomic mass is 32.2. The Morgan fingerprint density at radius 2 is 1.08 bits per heavy atom. The van der Waals surface area contributed by atoms with Gasteiger partial charge in [-0.05, 0) is 42.0 Å². The first-order valence-electron chi connectivity index (χ1n) is 8.51. The van der Waals surface area contributed by atoms with Gasteiger partial charge in [-0.1, -0.05) is 75.4 Å². The van der Waals surface area contributed by atoms with Gasteiger partial charge in [0, 0.05) is 19.4 Å². The molecular weight excluding hydrogens is 391 g/mol. The lowest BCUT2D eigenvalue weighted by Crippen LogP contribution is -2.24. The SMILES string of the molecule is CC(C)(C)Sc1ccccc1P(c1ccccc1S)c1ccccc1S. The molecule has 3 aromatic carbocycles. The molecule has 0 amide bonds. The van der Waals surface area contributed by atoms with Gasteiger partial charge in [0.25, 0.3) is 0 Å². The van der Waals surface area contributed by atoms with Gasteiger partial charge in [0.15, 0.2) is 0 Å². The molecule has 0 aromatic heterocycles. The summed E-state index contributed by atoms with van der Waals surface area (Å²) in [7, 11) is -0.735. The molecule has 0 saturated carbocycles. The van der Waals surface area contributed by atoms with Crippen molar-refractivity contribution < 1.29 is 0 Å². The van der Waals surface area contributed by atoms with E-state index in [1.807, 2.05) is 23.9 Å². The van der Waals surface area contributed by atoms with E-state index in [-0.39, 0.29) is 4.75 Å². The van der Waals surface area contributed by atoms with Crippen molar-refractivity contribution in [3.8, 4) is 0 Å². The maximum absolute atomic E-state index is 4.78. The maximum atomic E-state index is 4.78. The molecule has 0 aliphatic rings. The molecule has 0 aliphatic heterocycles. The molecule has 3 aromatic rings. The molecule has 0 spiro atoms. The second kappa shape index (κ2) is 8.44. The van der Waals surface area contributed by atoms with Crippen molar-refractivity contribution in [2.45, 2.75) is 40.2 Å².